The Hall–Kier alpha value is -0.980. The first-order chi connectivity index (χ1) is 9.63. The van der Waals surface area contributed by atoms with Crippen molar-refractivity contribution in [3.8, 4) is 0 Å². The van der Waals surface area contributed by atoms with Crippen molar-refractivity contribution >= 4 is 17.3 Å². The van der Waals surface area contributed by atoms with E-state index in [0.717, 1.165) is 25.3 Å². The van der Waals surface area contributed by atoms with Gasteiger partial charge in [0, 0.05) is 24.5 Å². The Morgan fingerprint density at radius 3 is 3.10 bits per heavy atom. The first-order valence-corrected chi connectivity index (χ1v) is 8.07. The number of piperidine rings is 1. The number of aromatic nitrogens is 1. The fourth-order valence-electron chi connectivity index (χ4n) is 2.55. The molecule has 0 saturated carbocycles. The lowest BCUT2D eigenvalue weighted by atomic mass is 9.93. The molecule has 0 radical (unpaired) electrons. The normalized spacial score (nSPS) is 23.8. The lowest BCUT2D eigenvalue weighted by Gasteiger charge is -2.37. The van der Waals surface area contributed by atoms with Crippen LogP contribution in [0.5, 0.6) is 0 Å². The molecule has 0 amide bonds. The van der Waals surface area contributed by atoms with Gasteiger partial charge >= 0.3 is 5.97 Å². The number of rotatable bonds is 5. The summed E-state index contributed by atoms with van der Waals surface area (Å²) in [5.41, 5.74) is 6.73. The summed E-state index contributed by atoms with van der Waals surface area (Å²) in [6.07, 6.45) is 2.38. The van der Waals surface area contributed by atoms with Crippen molar-refractivity contribution in [2.75, 3.05) is 19.7 Å². The molecule has 6 heteroatoms. The van der Waals surface area contributed by atoms with E-state index in [-0.39, 0.29) is 5.97 Å². The predicted molar refractivity (Wildman–Crippen MR) is 79.7 cm³/mol. The van der Waals surface area contributed by atoms with E-state index in [1.54, 1.807) is 6.92 Å². The lowest BCUT2D eigenvalue weighted by Crippen LogP contribution is -2.43. The van der Waals surface area contributed by atoms with Gasteiger partial charge in [0.2, 0.25) is 5.01 Å². The van der Waals surface area contributed by atoms with Gasteiger partial charge in [0.1, 0.15) is 0 Å². The fraction of sp³-hybridized carbons (Fsp3) is 0.714. The summed E-state index contributed by atoms with van der Waals surface area (Å²) in [5.74, 6) is 0.254. The highest BCUT2D eigenvalue weighted by molar-refractivity contribution is 7.11. The maximum Gasteiger partial charge on any atom is 0.367 e. The molecule has 2 N–H and O–H groups in total. The Bertz CT molecular complexity index is 449. The summed E-state index contributed by atoms with van der Waals surface area (Å²) in [7, 11) is 0. The Balaban J connectivity index is 1.97. The minimum absolute atomic E-state index is 0.324. The minimum Gasteiger partial charge on any atom is -0.461 e. The first kappa shape index (κ1) is 15.4. The van der Waals surface area contributed by atoms with Crippen LogP contribution in [0.2, 0.25) is 0 Å². The van der Waals surface area contributed by atoms with Gasteiger partial charge < -0.3 is 10.5 Å². The third-order valence-electron chi connectivity index (χ3n) is 3.81. The zero-order valence-electron chi connectivity index (χ0n) is 12.2. The number of thiazole rings is 1. The molecule has 2 rings (SSSR count). The maximum atomic E-state index is 11.6. The van der Waals surface area contributed by atoms with Gasteiger partial charge in [0.05, 0.1) is 12.3 Å². The van der Waals surface area contributed by atoms with Gasteiger partial charge in [-0.25, -0.2) is 9.78 Å². The molecule has 0 bridgehead atoms. The molecule has 0 spiro atoms. The molecule has 2 atom stereocenters. The Labute approximate surface area is 124 Å². The molecule has 2 heterocycles. The second-order valence-corrected chi connectivity index (χ2v) is 6.18. The Morgan fingerprint density at radius 1 is 1.60 bits per heavy atom. The zero-order valence-corrected chi connectivity index (χ0v) is 13.0. The number of carbonyl (C=O) groups excluding carboxylic acids is 1. The molecule has 20 heavy (non-hydrogen) atoms. The molecule has 0 aromatic carbocycles. The van der Waals surface area contributed by atoms with E-state index < -0.39 is 0 Å². The molecule has 1 aromatic rings. The van der Waals surface area contributed by atoms with Crippen LogP contribution in [0.15, 0.2) is 5.38 Å². The highest BCUT2D eigenvalue weighted by Gasteiger charge is 2.25. The zero-order chi connectivity index (χ0) is 14.5. The van der Waals surface area contributed by atoms with Gasteiger partial charge in [0.15, 0.2) is 0 Å². The molecule has 1 saturated heterocycles. The molecule has 112 valence electrons. The number of ether oxygens (including phenoxy) is 1. The van der Waals surface area contributed by atoms with Crippen molar-refractivity contribution in [1.82, 2.24) is 9.88 Å². The van der Waals surface area contributed by atoms with Gasteiger partial charge in [0.25, 0.3) is 0 Å². The van der Waals surface area contributed by atoms with Crippen LogP contribution in [-0.2, 0) is 11.3 Å². The fourth-order valence-corrected chi connectivity index (χ4v) is 3.25. The van der Waals surface area contributed by atoms with Crippen molar-refractivity contribution in [3.63, 3.8) is 0 Å². The molecule has 1 fully saturated rings. The van der Waals surface area contributed by atoms with Crippen molar-refractivity contribution in [3.05, 3.63) is 16.1 Å². The van der Waals surface area contributed by atoms with Crippen LogP contribution < -0.4 is 5.73 Å². The van der Waals surface area contributed by atoms with E-state index in [4.69, 9.17) is 10.5 Å². The predicted octanol–water partition coefficient (Wildman–Crippen LogP) is 1.88. The van der Waals surface area contributed by atoms with E-state index in [9.17, 15) is 4.79 Å². The minimum atomic E-state index is -0.324. The van der Waals surface area contributed by atoms with Crippen LogP contribution in [0.1, 0.15) is 42.2 Å². The molecule has 2 unspecified atom stereocenters. The summed E-state index contributed by atoms with van der Waals surface area (Å²) in [6.45, 7) is 6.97. The SMILES string of the molecule is CCOC(=O)c1nc(CN2CC(CN)CCC2C)cs1. The van der Waals surface area contributed by atoms with Crippen LogP contribution in [0.25, 0.3) is 0 Å². The topological polar surface area (TPSA) is 68.5 Å². The molecule has 0 aliphatic carbocycles. The summed E-state index contributed by atoms with van der Waals surface area (Å²) in [6, 6.07) is 0.547. The molecule has 1 aliphatic heterocycles. The Kier molecular flexibility index (Phi) is 5.51. The average Bonchev–Trinajstić information content (AvgIpc) is 2.90. The highest BCUT2D eigenvalue weighted by atomic mass is 32.1. The maximum absolute atomic E-state index is 11.6. The second kappa shape index (κ2) is 7.15. The number of carbonyl (C=O) groups is 1. The standard InChI is InChI=1S/C14H23N3O2S/c1-3-19-14(18)13-16-12(9-20-13)8-17-7-11(6-15)5-4-10(17)2/h9-11H,3-8,15H2,1-2H3. The van der Waals surface area contributed by atoms with Crippen LogP contribution in [0.4, 0.5) is 0 Å². The quantitative estimate of drug-likeness (QED) is 0.840. The number of nitrogens with zero attached hydrogens (tertiary/aromatic N) is 2. The number of esters is 1. The average molecular weight is 297 g/mol. The lowest BCUT2D eigenvalue weighted by molar-refractivity contribution is 0.0525. The van der Waals surface area contributed by atoms with Crippen LogP contribution in [0.3, 0.4) is 0 Å². The van der Waals surface area contributed by atoms with Crippen molar-refractivity contribution in [1.29, 1.82) is 0 Å². The summed E-state index contributed by atoms with van der Waals surface area (Å²) in [4.78, 5) is 18.4. The largest absolute Gasteiger partial charge is 0.461 e. The van der Waals surface area contributed by atoms with E-state index in [2.05, 4.69) is 16.8 Å². The van der Waals surface area contributed by atoms with Gasteiger partial charge in [-0.3, -0.25) is 4.90 Å². The third-order valence-corrected chi connectivity index (χ3v) is 4.68. The van der Waals surface area contributed by atoms with E-state index >= 15 is 0 Å². The van der Waals surface area contributed by atoms with Crippen molar-refractivity contribution < 1.29 is 9.53 Å². The summed E-state index contributed by atoms with van der Waals surface area (Å²) in [5, 5.41) is 2.40. The summed E-state index contributed by atoms with van der Waals surface area (Å²) >= 11 is 1.36. The smallest absolute Gasteiger partial charge is 0.367 e. The second-order valence-electron chi connectivity index (χ2n) is 5.32. The summed E-state index contributed by atoms with van der Waals surface area (Å²) < 4.78 is 4.97. The molecular formula is C14H23N3O2S. The number of likely N-dealkylation sites (tertiary alicyclic amines) is 1. The molecule has 5 nitrogen and oxygen atoms in total. The van der Waals surface area contributed by atoms with Crippen LogP contribution in [-0.4, -0.2) is 41.6 Å². The molecule has 1 aliphatic rings. The Morgan fingerprint density at radius 2 is 2.40 bits per heavy atom. The van der Waals surface area contributed by atoms with Crippen molar-refractivity contribution in [2.45, 2.75) is 39.3 Å². The first-order valence-electron chi connectivity index (χ1n) is 7.19. The van der Waals surface area contributed by atoms with Crippen molar-refractivity contribution in [2.24, 2.45) is 11.7 Å². The third kappa shape index (κ3) is 3.77. The molecule has 1 aromatic heterocycles. The van der Waals surface area contributed by atoms with E-state index in [1.807, 2.05) is 5.38 Å². The van der Waals surface area contributed by atoms with Gasteiger partial charge in [-0.05, 0) is 39.2 Å². The van der Waals surface area contributed by atoms with E-state index in [0.29, 0.717) is 23.6 Å². The van der Waals surface area contributed by atoms with Gasteiger partial charge in [-0.15, -0.1) is 11.3 Å². The van der Waals surface area contributed by atoms with Gasteiger partial charge in [-0.1, -0.05) is 0 Å². The number of nitrogens with two attached hydrogens (primary N) is 1. The molecular weight excluding hydrogens is 274 g/mol. The van der Waals surface area contributed by atoms with Crippen LogP contribution in [0, 0.1) is 5.92 Å². The number of hydrogen-bond acceptors (Lipinski definition) is 6. The highest BCUT2D eigenvalue weighted by Crippen LogP contribution is 2.23. The van der Waals surface area contributed by atoms with Gasteiger partial charge in [-0.2, -0.15) is 0 Å². The van der Waals surface area contributed by atoms with E-state index in [1.165, 1.54) is 24.2 Å². The number of hydrogen-bond donors (Lipinski definition) is 1. The van der Waals surface area contributed by atoms with Crippen LogP contribution >= 0.6 is 11.3 Å². The monoisotopic (exact) mass is 297 g/mol.